The summed E-state index contributed by atoms with van der Waals surface area (Å²) in [6.07, 6.45) is 8.36. The predicted molar refractivity (Wildman–Crippen MR) is 91.8 cm³/mol. The van der Waals surface area contributed by atoms with E-state index in [1.807, 2.05) is 0 Å². The second-order valence-electron chi connectivity index (χ2n) is 7.96. The highest BCUT2D eigenvalue weighted by Crippen LogP contribution is 2.37. The third kappa shape index (κ3) is 4.67. The molecule has 2 aliphatic heterocycles. The van der Waals surface area contributed by atoms with Crippen LogP contribution in [0.25, 0.3) is 0 Å². The van der Waals surface area contributed by atoms with E-state index in [1.165, 1.54) is 45.1 Å². The zero-order valence-corrected chi connectivity index (χ0v) is 14.9. The first-order valence-corrected chi connectivity index (χ1v) is 9.16. The lowest BCUT2D eigenvalue weighted by atomic mass is 9.79. The van der Waals surface area contributed by atoms with Gasteiger partial charge in [-0.2, -0.15) is 0 Å². The van der Waals surface area contributed by atoms with E-state index < -0.39 is 0 Å². The van der Waals surface area contributed by atoms with Gasteiger partial charge in [-0.3, -0.25) is 4.90 Å². The Kier molecular flexibility index (Phi) is 6.51. The highest BCUT2D eigenvalue weighted by molar-refractivity contribution is 4.98. The lowest BCUT2D eigenvalue weighted by Crippen LogP contribution is -2.61. The van der Waals surface area contributed by atoms with Gasteiger partial charge in [0.1, 0.15) is 0 Å². The maximum atomic E-state index is 3.72. The van der Waals surface area contributed by atoms with Crippen molar-refractivity contribution in [3.8, 4) is 0 Å². The summed E-state index contributed by atoms with van der Waals surface area (Å²) in [6.45, 7) is 9.34. The molecule has 0 aliphatic carbocycles. The summed E-state index contributed by atoms with van der Waals surface area (Å²) in [6, 6.07) is 3.16. The van der Waals surface area contributed by atoms with E-state index in [2.05, 4.69) is 50.0 Å². The molecule has 0 aromatic rings. The molecule has 0 saturated carbocycles. The Labute approximate surface area is 132 Å². The molecule has 3 nitrogen and oxygen atoms in total. The fraction of sp³-hybridized carbons (Fsp3) is 1.00. The zero-order chi connectivity index (χ0) is 15.4. The molecule has 2 saturated heterocycles. The van der Waals surface area contributed by atoms with Crippen LogP contribution in [-0.4, -0.2) is 61.2 Å². The van der Waals surface area contributed by atoms with Crippen molar-refractivity contribution in [3.05, 3.63) is 0 Å². The summed E-state index contributed by atoms with van der Waals surface area (Å²) in [7, 11) is 4.46. The molecule has 0 spiro atoms. The molecule has 3 unspecified atom stereocenters. The number of likely N-dealkylation sites (N-methyl/N-ethyl adjacent to an activating group) is 1. The van der Waals surface area contributed by atoms with Crippen LogP contribution in [-0.2, 0) is 0 Å². The van der Waals surface area contributed by atoms with Crippen molar-refractivity contribution in [2.45, 2.75) is 83.5 Å². The first-order valence-electron chi connectivity index (χ1n) is 9.16. The van der Waals surface area contributed by atoms with Crippen LogP contribution in [0.15, 0.2) is 0 Å². The molecular formula is C18H37N3. The Hall–Kier alpha value is -0.120. The first-order chi connectivity index (χ1) is 10.0. The molecule has 1 N–H and O–H groups in total. The van der Waals surface area contributed by atoms with Gasteiger partial charge in [-0.1, -0.05) is 27.2 Å². The van der Waals surface area contributed by atoms with Crippen molar-refractivity contribution >= 4 is 0 Å². The molecular weight excluding hydrogens is 258 g/mol. The molecule has 3 heteroatoms. The van der Waals surface area contributed by atoms with Crippen LogP contribution in [0.5, 0.6) is 0 Å². The minimum atomic E-state index is 0.748. The second-order valence-corrected chi connectivity index (χ2v) is 7.96. The van der Waals surface area contributed by atoms with Gasteiger partial charge in [0.2, 0.25) is 0 Å². The number of fused-ring (bicyclic) bond motifs is 2. The molecule has 0 radical (unpaired) electrons. The fourth-order valence-corrected chi connectivity index (χ4v) is 4.73. The van der Waals surface area contributed by atoms with E-state index >= 15 is 0 Å². The largest absolute Gasteiger partial charge is 0.314 e. The van der Waals surface area contributed by atoms with E-state index in [0.29, 0.717) is 0 Å². The van der Waals surface area contributed by atoms with Crippen LogP contribution in [0, 0.1) is 5.92 Å². The Morgan fingerprint density at radius 2 is 1.76 bits per heavy atom. The van der Waals surface area contributed by atoms with Crippen LogP contribution in [0.3, 0.4) is 0 Å². The smallest absolute Gasteiger partial charge is 0.0231 e. The van der Waals surface area contributed by atoms with Gasteiger partial charge < -0.3 is 10.2 Å². The van der Waals surface area contributed by atoms with Crippen molar-refractivity contribution in [2.24, 2.45) is 5.92 Å². The summed E-state index contributed by atoms with van der Waals surface area (Å²) in [5.74, 6) is 0.794. The van der Waals surface area contributed by atoms with Gasteiger partial charge in [0.05, 0.1) is 0 Å². The molecule has 2 aliphatic rings. The Morgan fingerprint density at radius 1 is 1.14 bits per heavy atom. The van der Waals surface area contributed by atoms with Gasteiger partial charge in [0.15, 0.2) is 0 Å². The van der Waals surface area contributed by atoms with Crippen LogP contribution in [0.2, 0.25) is 0 Å². The van der Waals surface area contributed by atoms with E-state index in [1.54, 1.807) is 0 Å². The first kappa shape index (κ1) is 17.2. The zero-order valence-electron chi connectivity index (χ0n) is 14.9. The summed E-state index contributed by atoms with van der Waals surface area (Å²) in [5, 5.41) is 3.72. The minimum Gasteiger partial charge on any atom is -0.314 e. The minimum absolute atomic E-state index is 0.748. The number of hydrogen-bond donors (Lipinski definition) is 1. The number of nitrogens with zero attached hydrogens (tertiary/aromatic N) is 2. The van der Waals surface area contributed by atoms with E-state index in [0.717, 1.165) is 36.6 Å². The number of rotatable bonds is 7. The highest BCUT2D eigenvalue weighted by Gasteiger charge is 2.41. The fourth-order valence-electron chi connectivity index (χ4n) is 4.73. The van der Waals surface area contributed by atoms with Crippen molar-refractivity contribution in [1.29, 1.82) is 0 Å². The number of piperidine rings is 2. The summed E-state index contributed by atoms with van der Waals surface area (Å²) in [5.41, 5.74) is 0. The van der Waals surface area contributed by atoms with Crippen LogP contribution in [0.4, 0.5) is 0 Å². The molecule has 3 atom stereocenters. The summed E-state index contributed by atoms with van der Waals surface area (Å²) >= 11 is 0. The lowest BCUT2D eigenvalue weighted by molar-refractivity contribution is -0.0237. The molecule has 21 heavy (non-hydrogen) atoms. The maximum absolute atomic E-state index is 3.72. The number of nitrogens with one attached hydrogen (secondary N) is 1. The SMILES string of the molecule is CCNC1CC2CCCC(C1)N2C(CC(C)C)CN(C)C. The monoisotopic (exact) mass is 295 g/mol. The van der Waals surface area contributed by atoms with Gasteiger partial charge in [-0.05, 0) is 58.7 Å². The second kappa shape index (κ2) is 7.94. The van der Waals surface area contributed by atoms with Crippen LogP contribution >= 0.6 is 0 Å². The van der Waals surface area contributed by atoms with Crippen molar-refractivity contribution in [1.82, 2.24) is 15.1 Å². The van der Waals surface area contributed by atoms with E-state index in [-0.39, 0.29) is 0 Å². The predicted octanol–water partition coefficient (Wildman–Crippen LogP) is 2.96. The van der Waals surface area contributed by atoms with Gasteiger partial charge in [-0.15, -0.1) is 0 Å². The molecule has 2 rings (SSSR count). The maximum Gasteiger partial charge on any atom is 0.0231 e. The average Bonchev–Trinajstić information content (AvgIpc) is 2.36. The van der Waals surface area contributed by atoms with Gasteiger partial charge >= 0.3 is 0 Å². The van der Waals surface area contributed by atoms with Crippen LogP contribution < -0.4 is 5.32 Å². The highest BCUT2D eigenvalue weighted by atomic mass is 15.3. The van der Waals surface area contributed by atoms with Crippen molar-refractivity contribution in [3.63, 3.8) is 0 Å². The third-order valence-corrected chi connectivity index (χ3v) is 5.26. The molecule has 2 bridgehead atoms. The quantitative estimate of drug-likeness (QED) is 0.779. The summed E-state index contributed by atoms with van der Waals surface area (Å²) in [4.78, 5) is 5.33. The molecule has 2 heterocycles. The number of hydrogen-bond acceptors (Lipinski definition) is 3. The van der Waals surface area contributed by atoms with E-state index in [9.17, 15) is 0 Å². The Balaban J connectivity index is 2.08. The third-order valence-electron chi connectivity index (χ3n) is 5.26. The van der Waals surface area contributed by atoms with Crippen molar-refractivity contribution in [2.75, 3.05) is 27.2 Å². The Morgan fingerprint density at radius 3 is 2.24 bits per heavy atom. The topological polar surface area (TPSA) is 18.5 Å². The standard InChI is InChI=1S/C18H37N3/c1-6-19-15-11-16-8-7-9-17(12-15)21(16)18(10-14(2)3)13-20(4)5/h14-19H,6-13H2,1-5H3. The average molecular weight is 296 g/mol. The summed E-state index contributed by atoms with van der Waals surface area (Å²) < 4.78 is 0. The normalized spacial score (nSPS) is 31.9. The molecule has 0 amide bonds. The van der Waals surface area contributed by atoms with Gasteiger partial charge in [0.25, 0.3) is 0 Å². The Bertz CT molecular complexity index is 279. The molecule has 2 fully saturated rings. The molecule has 124 valence electrons. The van der Waals surface area contributed by atoms with E-state index in [4.69, 9.17) is 0 Å². The molecule has 0 aromatic heterocycles. The van der Waals surface area contributed by atoms with Gasteiger partial charge in [0, 0.05) is 30.7 Å². The van der Waals surface area contributed by atoms with Gasteiger partial charge in [-0.25, -0.2) is 0 Å². The van der Waals surface area contributed by atoms with Crippen LogP contribution in [0.1, 0.15) is 59.3 Å². The molecule has 0 aromatic carbocycles. The van der Waals surface area contributed by atoms with Crippen molar-refractivity contribution < 1.29 is 0 Å². The lowest BCUT2D eigenvalue weighted by Gasteiger charge is -2.53.